The number of halogens is 1. The van der Waals surface area contributed by atoms with Gasteiger partial charge in [0, 0.05) is 28.0 Å². The number of hydrogen-bond acceptors (Lipinski definition) is 6. The van der Waals surface area contributed by atoms with Crippen molar-refractivity contribution in [2.24, 2.45) is 0 Å². The maximum atomic E-state index is 12.5. The number of nitrogens with zero attached hydrogens (tertiary/aromatic N) is 3. The molecule has 0 aliphatic carbocycles. The van der Waals surface area contributed by atoms with Gasteiger partial charge in [-0.3, -0.25) is 0 Å². The van der Waals surface area contributed by atoms with Gasteiger partial charge in [0.1, 0.15) is 5.69 Å². The Labute approximate surface area is 201 Å². The van der Waals surface area contributed by atoms with E-state index >= 15 is 0 Å². The Hall–Kier alpha value is -3.49. The van der Waals surface area contributed by atoms with Gasteiger partial charge < -0.3 is 16.4 Å². The van der Waals surface area contributed by atoms with Crippen LogP contribution in [0.5, 0.6) is 0 Å². The third-order valence-electron chi connectivity index (χ3n) is 4.65. The van der Waals surface area contributed by atoms with Gasteiger partial charge in [-0.2, -0.15) is 0 Å². The van der Waals surface area contributed by atoms with Crippen molar-refractivity contribution in [3.05, 3.63) is 70.8 Å². The van der Waals surface area contributed by atoms with E-state index in [0.717, 1.165) is 21.1 Å². The zero-order valence-electron chi connectivity index (χ0n) is 18.4. The molecular weight excluding hydrogens is 456 g/mol. The number of amides is 2. The van der Waals surface area contributed by atoms with Gasteiger partial charge in [-0.25, -0.2) is 19.7 Å². The summed E-state index contributed by atoms with van der Waals surface area (Å²) < 4.78 is 0. The summed E-state index contributed by atoms with van der Waals surface area (Å²) in [6.07, 6.45) is 1.62. The van der Waals surface area contributed by atoms with Gasteiger partial charge in [-0.15, -0.1) is 11.3 Å². The molecule has 0 radical (unpaired) electrons. The number of nitrogens with one attached hydrogen (secondary N) is 2. The fourth-order valence-electron chi connectivity index (χ4n) is 3.11. The highest BCUT2D eigenvalue weighted by molar-refractivity contribution is 7.15. The van der Waals surface area contributed by atoms with Gasteiger partial charge in [0.2, 0.25) is 5.95 Å². The summed E-state index contributed by atoms with van der Waals surface area (Å²) in [6.45, 7) is 6.35. The van der Waals surface area contributed by atoms with Crippen LogP contribution in [-0.2, 0) is 5.41 Å². The average molecular weight is 479 g/mol. The summed E-state index contributed by atoms with van der Waals surface area (Å²) >= 11 is 7.59. The van der Waals surface area contributed by atoms with Crippen molar-refractivity contribution in [1.82, 2.24) is 15.0 Å². The highest BCUT2D eigenvalue weighted by Crippen LogP contribution is 2.40. The summed E-state index contributed by atoms with van der Waals surface area (Å²) in [5.41, 5.74) is 9.24. The monoisotopic (exact) mass is 478 g/mol. The van der Waals surface area contributed by atoms with E-state index in [0.29, 0.717) is 22.1 Å². The van der Waals surface area contributed by atoms with Gasteiger partial charge in [0.25, 0.3) is 0 Å². The molecule has 0 aliphatic rings. The molecule has 2 amide bonds. The van der Waals surface area contributed by atoms with Crippen LogP contribution < -0.4 is 16.4 Å². The first kappa shape index (κ1) is 22.7. The van der Waals surface area contributed by atoms with Gasteiger partial charge in [0.15, 0.2) is 0 Å². The van der Waals surface area contributed by atoms with E-state index in [1.165, 1.54) is 0 Å². The maximum Gasteiger partial charge on any atom is 0.323 e. The third kappa shape index (κ3) is 5.47. The standard InChI is InChI=1S/C24H23ClN6OS/c1-24(2,3)21-31-19(18-10-11-27-22(26)30-18)20(33-21)14-6-4-8-16(12-14)28-23(32)29-17-9-5-7-15(25)13-17/h4-13H,1-3H3,(H2,26,27,30)(H2,28,29,32). The molecule has 0 fully saturated rings. The molecule has 0 atom stereocenters. The second-order valence-electron chi connectivity index (χ2n) is 8.42. The number of rotatable bonds is 4. The smallest absolute Gasteiger partial charge is 0.323 e. The fraction of sp³-hybridized carbons (Fsp3) is 0.167. The Balaban J connectivity index is 1.66. The van der Waals surface area contributed by atoms with Crippen molar-refractivity contribution in [2.45, 2.75) is 26.2 Å². The number of nitrogens with two attached hydrogens (primary N) is 1. The van der Waals surface area contributed by atoms with Crippen LogP contribution in [0.15, 0.2) is 60.8 Å². The van der Waals surface area contributed by atoms with Gasteiger partial charge in [-0.1, -0.05) is 50.6 Å². The number of hydrogen-bond donors (Lipinski definition) is 3. The quantitative estimate of drug-likeness (QED) is 0.312. The Bertz CT molecular complexity index is 1310. The zero-order chi connectivity index (χ0) is 23.6. The van der Waals surface area contributed by atoms with Gasteiger partial charge in [-0.05, 0) is 42.0 Å². The van der Waals surface area contributed by atoms with Crippen LogP contribution in [-0.4, -0.2) is 21.0 Å². The molecule has 168 valence electrons. The number of carbonyl (C=O) groups is 1. The van der Waals surface area contributed by atoms with Crippen LogP contribution >= 0.6 is 22.9 Å². The van der Waals surface area contributed by atoms with Crippen LogP contribution in [0.1, 0.15) is 25.8 Å². The minimum Gasteiger partial charge on any atom is -0.368 e. The summed E-state index contributed by atoms with van der Waals surface area (Å²) in [7, 11) is 0. The molecule has 0 saturated carbocycles. The van der Waals surface area contributed by atoms with Crippen molar-refractivity contribution < 1.29 is 4.79 Å². The fourth-order valence-corrected chi connectivity index (χ4v) is 4.43. The largest absolute Gasteiger partial charge is 0.368 e. The van der Waals surface area contributed by atoms with Crippen LogP contribution in [0.3, 0.4) is 0 Å². The second-order valence-corrected chi connectivity index (χ2v) is 9.85. The van der Waals surface area contributed by atoms with Crippen LogP contribution in [0.2, 0.25) is 5.02 Å². The molecule has 0 saturated heterocycles. The highest BCUT2D eigenvalue weighted by Gasteiger charge is 2.24. The number of carbonyl (C=O) groups excluding carboxylic acids is 1. The number of nitrogen functional groups attached to an aromatic ring is 1. The summed E-state index contributed by atoms with van der Waals surface area (Å²) in [5, 5.41) is 7.18. The Morgan fingerprint density at radius 3 is 2.36 bits per heavy atom. The van der Waals surface area contributed by atoms with Crippen molar-refractivity contribution in [2.75, 3.05) is 16.4 Å². The number of aromatic nitrogens is 3. The van der Waals surface area contributed by atoms with Gasteiger partial charge in [0.05, 0.1) is 15.6 Å². The van der Waals surface area contributed by atoms with E-state index in [4.69, 9.17) is 22.3 Å². The molecule has 2 aromatic carbocycles. The van der Waals surface area contributed by atoms with Crippen molar-refractivity contribution in [3.8, 4) is 21.8 Å². The Kier molecular flexibility index (Phi) is 6.31. The predicted molar refractivity (Wildman–Crippen MR) is 136 cm³/mol. The SMILES string of the molecule is CC(C)(C)c1nc(-c2ccnc(N)n2)c(-c2cccc(NC(=O)Nc3cccc(Cl)c3)c2)s1. The molecule has 0 bridgehead atoms. The zero-order valence-corrected chi connectivity index (χ0v) is 20.0. The van der Waals surface area contributed by atoms with E-state index in [2.05, 4.69) is 41.4 Å². The number of benzene rings is 2. The Morgan fingerprint density at radius 2 is 1.70 bits per heavy atom. The second kappa shape index (κ2) is 9.17. The normalized spacial score (nSPS) is 11.3. The molecule has 0 spiro atoms. The van der Waals surface area contributed by atoms with Crippen molar-refractivity contribution >= 4 is 46.3 Å². The summed E-state index contributed by atoms with van der Waals surface area (Å²) in [4.78, 5) is 26.7. The van der Waals surface area contributed by atoms with Crippen LogP contribution in [0, 0.1) is 0 Å². The molecule has 4 N–H and O–H groups in total. The third-order valence-corrected chi connectivity index (χ3v) is 6.42. The van der Waals surface area contributed by atoms with E-state index < -0.39 is 0 Å². The number of urea groups is 1. The summed E-state index contributed by atoms with van der Waals surface area (Å²) in [6, 6.07) is 16.0. The molecule has 33 heavy (non-hydrogen) atoms. The molecule has 7 nitrogen and oxygen atoms in total. The highest BCUT2D eigenvalue weighted by atomic mass is 35.5. The molecule has 2 heterocycles. The lowest BCUT2D eigenvalue weighted by Crippen LogP contribution is -2.19. The number of thiazole rings is 1. The van der Waals surface area contributed by atoms with Crippen LogP contribution in [0.25, 0.3) is 21.8 Å². The lowest BCUT2D eigenvalue weighted by molar-refractivity contribution is 0.262. The van der Waals surface area contributed by atoms with E-state index in [9.17, 15) is 4.79 Å². The molecule has 4 rings (SSSR count). The molecular formula is C24H23ClN6OS. The topological polar surface area (TPSA) is 106 Å². The van der Waals surface area contributed by atoms with E-state index in [1.54, 1.807) is 47.9 Å². The minimum atomic E-state index is -0.363. The lowest BCUT2D eigenvalue weighted by Gasteiger charge is -2.13. The van der Waals surface area contributed by atoms with Gasteiger partial charge >= 0.3 is 6.03 Å². The first-order valence-corrected chi connectivity index (χ1v) is 11.4. The molecule has 0 unspecified atom stereocenters. The number of anilines is 3. The molecule has 0 aliphatic heterocycles. The van der Waals surface area contributed by atoms with Crippen molar-refractivity contribution in [1.29, 1.82) is 0 Å². The first-order chi connectivity index (χ1) is 15.7. The molecule has 2 aromatic heterocycles. The molecule has 4 aromatic rings. The van der Waals surface area contributed by atoms with Crippen molar-refractivity contribution in [3.63, 3.8) is 0 Å². The van der Waals surface area contributed by atoms with E-state index in [-0.39, 0.29) is 17.4 Å². The van der Waals surface area contributed by atoms with Crippen LogP contribution in [0.4, 0.5) is 22.1 Å². The maximum absolute atomic E-state index is 12.5. The lowest BCUT2D eigenvalue weighted by atomic mass is 9.98. The first-order valence-electron chi connectivity index (χ1n) is 10.2. The average Bonchev–Trinajstić information content (AvgIpc) is 3.20. The van der Waals surface area contributed by atoms with E-state index in [1.807, 2.05) is 24.3 Å². The predicted octanol–water partition coefficient (Wildman–Crippen LogP) is 6.44. The minimum absolute atomic E-state index is 0.136. The summed E-state index contributed by atoms with van der Waals surface area (Å²) in [5.74, 6) is 0.192. The molecule has 9 heteroatoms. The Morgan fingerprint density at radius 1 is 1.00 bits per heavy atom.